The maximum Gasteiger partial charge on any atom is 0.308 e. The molecule has 0 aromatic heterocycles. The number of aryl methyl sites for hydroxylation is 1. The van der Waals surface area contributed by atoms with Crippen LogP contribution in [0.3, 0.4) is 0 Å². The number of fused-ring (bicyclic) bond motifs is 1. The van der Waals surface area contributed by atoms with Gasteiger partial charge in [0.2, 0.25) is 0 Å². The molecule has 0 saturated heterocycles. The van der Waals surface area contributed by atoms with Gasteiger partial charge in [0.15, 0.2) is 0 Å². The lowest BCUT2D eigenvalue weighted by Gasteiger charge is -2.25. The third-order valence-corrected chi connectivity index (χ3v) is 8.51. The molecule has 39 heavy (non-hydrogen) atoms. The van der Waals surface area contributed by atoms with Gasteiger partial charge >= 0.3 is 5.97 Å². The van der Waals surface area contributed by atoms with E-state index in [4.69, 9.17) is 14.2 Å². The van der Waals surface area contributed by atoms with Crippen LogP contribution in [0, 0.1) is 17.2 Å². The van der Waals surface area contributed by atoms with Crippen LogP contribution in [0.1, 0.15) is 68.2 Å². The Morgan fingerprint density at radius 3 is 2.51 bits per heavy atom. The van der Waals surface area contributed by atoms with Gasteiger partial charge in [-0.3, -0.25) is 4.79 Å². The minimum absolute atomic E-state index is 0.00506. The van der Waals surface area contributed by atoms with Crippen molar-refractivity contribution in [1.82, 2.24) is 0 Å². The molecule has 0 aliphatic heterocycles. The van der Waals surface area contributed by atoms with Crippen LogP contribution in [-0.2, 0) is 22.6 Å². The smallest absolute Gasteiger partial charge is 0.308 e. The Labute approximate surface area is 230 Å². The van der Waals surface area contributed by atoms with Crippen molar-refractivity contribution in [3.05, 3.63) is 88.7 Å². The molecule has 2 aliphatic rings. The predicted octanol–water partition coefficient (Wildman–Crippen LogP) is 8.12. The molecular weight excluding hydrogens is 491 g/mol. The number of ether oxygens (including phenoxy) is 3. The third kappa shape index (κ3) is 5.32. The van der Waals surface area contributed by atoms with Crippen LogP contribution < -0.4 is 9.47 Å². The van der Waals surface area contributed by atoms with Gasteiger partial charge in [-0.15, -0.1) is 0 Å². The predicted molar refractivity (Wildman–Crippen MR) is 152 cm³/mol. The highest BCUT2D eigenvalue weighted by molar-refractivity contribution is 5.85. The average molecular weight is 529 g/mol. The SMILES string of the molecule is COC(=O)[C@@H](C)[C@H]1CCc2ccc(OCc3ccc(-c4cc(OC)ccc4F)c(C4=CCCC4(C)C)c3)cc21. The lowest BCUT2D eigenvalue weighted by Crippen LogP contribution is -2.19. The second-order valence-corrected chi connectivity index (χ2v) is 11.4. The quantitative estimate of drug-likeness (QED) is 0.277. The van der Waals surface area contributed by atoms with E-state index in [1.54, 1.807) is 19.2 Å². The van der Waals surface area contributed by atoms with E-state index in [1.807, 2.05) is 25.1 Å². The molecule has 3 aromatic rings. The first kappa shape index (κ1) is 27.0. The minimum atomic E-state index is -0.272. The number of hydrogen-bond acceptors (Lipinski definition) is 4. The lowest BCUT2D eigenvalue weighted by molar-refractivity contribution is -0.145. The number of esters is 1. The Balaban J connectivity index is 1.45. The molecule has 0 bridgehead atoms. The number of carbonyl (C=O) groups is 1. The normalized spacial score (nSPS) is 18.3. The zero-order valence-corrected chi connectivity index (χ0v) is 23.5. The number of methoxy groups -OCH3 is 2. The molecule has 5 rings (SSSR count). The fourth-order valence-electron chi connectivity index (χ4n) is 6.18. The van der Waals surface area contributed by atoms with Crippen LogP contribution in [0.5, 0.6) is 11.5 Å². The largest absolute Gasteiger partial charge is 0.497 e. The Morgan fingerprint density at radius 2 is 1.79 bits per heavy atom. The summed E-state index contributed by atoms with van der Waals surface area (Å²) in [6.45, 7) is 6.82. The van der Waals surface area contributed by atoms with Crippen molar-refractivity contribution in [2.45, 2.75) is 59.0 Å². The van der Waals surface area contributed by atoms with Gasteiger partial charge in [0.05, 0.1) is 20.1 Å². The number of carbonyl (C=O) groups excluding carboxylic acids is 1. The molecule has 0 heterocycles. The van der Waals surface area contributed by atoms with Gasteiger partial charge in [-0.1, -0.05) is 45.0 Å². The van der Waals surface area contributed by atoms with Crippen molar-refractivity contribution in [2.24, 2.45) is 11.3 Å². The van der Waals surface area contributed by atoms with Crippen molar-refractivity contribution in [2.75, 3.05) is 14.2 Å². The van der Waals surface area contributed by atoms with Crippen molar-refractivity contribution in [1.29, 1.82) is 0 Å². The van der Waals surface area contributed by atoms with Crippen molar-refractivity contribution >= 4 is 11.5 Å². The Kier molecular flexibility index (Phi) is 7.53. The molecule has 0 spiro atoms. The van der Waals surface area contributed by atoms with Gasteiger partial charge in [-0.25, -0.2) is 4.39 Å². The van der Waals surface area contributed by atoms with E-state index in [2.05, 4.69) is 38.1 Å². The molecule has 0 unspecified atom stereocenters. The molecule has 5 heteroatoms. The first-order chi connectivity index (χ1) is 18.7. The first-order valence-corrected chi connectivity index (χ1v) is 13.7. The van der Waals surface area contributed by atoms with E-state index in [1.165, 1.54) is 29.9 Å². The number of allylic oxidation sites excluding steroid dienone is 2. The van der Waals surface area contributed by atoms with E-state index >= 15 is 4.39 Å². The number of halogens is 1. The van der Waals surface area contributed by atoms with Gasteiger partial charge in [0, 0.05) is 5.56 Å². The molecule has 204 valence electrons. The second kappa shape index (κ2) is 10.9. The van der Waals surface area contributed by atoms with Gasteiger partial charge < -0.3 is 14.2 Å². The molecule has 0 fully saturated rings. The molecular formula is C34H37FO4. The van der Waals surface area contributed by atoms with Gasteiger partial charge in [0.25, 0.3) is 0 Å². The monoisotopic (exact) mass is 528 g/mol. The average Bonchev–Trinajstić information content (AvgIpc) is 3.53. The summed E-state index contributed by atoms with van der Waals surface area (Å²) in [5.74, 6) is 0.899. The molecule has 0 amide bonds. The Morgan fingerprint density at radius 1 is 1.00 bits per heavy atom. The van der Waals surface area contributed by atoms with Crippen molar-refractivity contribution in [3.63, 3.8) is 0 Å². The van der Waals surface area contributed by atoms with Crippen molar-refractivity contribution < 1.29 is 23.4 Å². The summed E-state index contributed by atoms with van der Waals surface area (Å²) >= 11 is 0. The molecule has 0 N–H and O–H groups in total. The summed E-state index contributed by atoms with van der Waals surface area (Å²) < 4.78 is 31.7. The van der Waals surface area contributed by atoms with E-state index in [0.29, 0.717) is 17.9 Å². The Bertz CT molecular complexity index is 1420. The van der Waals surface area contributed by atoms with Crippen LogP contribution in [0.15, 0.2) is 60.7 Å². The fourth-order valence-corrected chi connectivity index (χ4v) is 6.18. The van der Waals surface area contributed by atoms with E-state index in [-0.39, 0.29) is 29.0 Å². The highest BCUT2D eigenvalue weighted by Gasteiger charge is 2.33. The number of rotatable bonds is 8. The third-order valence-electron chi connectivity index (χ3n) is 8.51. The second-order valence-electron chi connectivity index (χ2n) is 11.4. The topological polar surface area (TPSA) is 44.8 Å². The van der Waals surface area contributed by atoms with E-state index in [9.17, 15) is 4.79 Å². The van der Waals surface area contributed by atoms with Gasteiger partial charge in [0.1, 0.15) is 23.9 Å². The highest BCUT2D eigenvalue weighted by Crippen LogP contribution is 2.47. The van der Waals surface area contributed by atoms with Gasteiger partial charge in [-0.2, -0.15) is 0 Å². The summed E-state index contributed by atoms with van der Waals surface area (Å²) in [6.07, 6.45) is 6.24. The number of benzene rings is 3. The van der Waals surface area contributed by atoms with Gasteiger partial charge in [-0.05, 0) is 107 Å². The molecule has 4 nitrogen and oxygen atoms in total. The molecule has 0 saturated carbocycles. The summed E-state index contributed by atoms with van der Waals surface area (Å²) in [7, 11) is 3.04. The van der Waals surface area contributed by atoms with E-state index in [0.717, 1.165) is 48.1 Å². The lowest BCUT2D eigenvalue weighted by atomic mass is 9.79. The van der Waals surface area contributed by atoms with E-state index < -0.39 is 0 Å². The highest BCUT2D eigenvalue weighted by atomic mass is 19.1. The maximum absolute atomic E-state index is 15.1. The minimum Gasteiger partial charge on any atom is -0.497 e. The summed E-state index contributed by atoms with van der Waals surface area (Å²) in [5.41, 5.74) is 7.11. The van der Waals surface area contributed by atoms with Crippen LogP contribution in [0.4, 0.5) is 4.39 Å². The van der Waals surface area contributed by atoms with Crippen LogP contribution in [-0.4, -0.2) is 20.2 Å². The summed E-state index contributed by atoms with van der Waals surface area (Å²) in [4.78, 5) is 12.2. The Hall–Kier alpha value is -3.60. The van der Waals surface area contributed by atoms with Crippen LogP contribution in [0.25, 0.3) is 16.7 Å². The molecule has 3 aromatic carbocycles. The maximum atomic E-state index is 15.1. The fraction of sp³-hybridized carbons (Fsp3) is 0.382. The van der Waals surface area contributed by atoms with Crippen molar-refractivity contribution in [3.8, 4) is 22.6 Å². The van der Waals surface area contributed by atoms with Crippen LogP contribution >= 0.6 is 0 Å². The van der Waals surface area contributed by atoms with Crippen LogP contribution in [0.2, 0.25) is 0 Å². The zero-order chi connectivity index (χ0) is 27.7. The summed E-state index contributed by atoms with van der Waals surface area (Å²) in [6, 6.07) is 17.2. The number of hydrogen-bond donors (Lipinski definition) is 0. The first-order valence-electron chi connectivity index (χ1n) is 13.7. The molecule has 2 atom stereocenters. The molecule has 0 radical (unpaired) electrons. The standard InChI is InChI=1S/C34H37FO4/c1-21(33(36)38-5)26-14-10-23-9-11-25(19-28(23)26)39-20-22-8-13-27(30-18-24(37-4)12-15-32(30)35)29(17-22)31-7-6-16-34(31,2)3/h7-9,11-13,15,17-19,21,26H,6,10,14,16,20H2,1-5H3/t21-,26+/m0/s1. The zero-order valence-electron chi connectivity index (χ0n) is 23.5. The molecule has 2 aliphatic carbocycles. The summed E-state index contributed by atoms with van der Waals surface area (Å²) in [5, 5.41) is 0.